The molecule has 0 saturated carbocycles. The van der Waals surface area contributed by atoms with Crippen molar-refractivity contribution in [1.82, 2.24) is 20.0 Å². The summed E-state index contributed by atoms with van der Waals surface area (Å²) in [6.07, 6.45) is -4.41. The zero-order valence-corrected chi connectivity index (χ0v) is 13.0. The predicted octanol–water partition coefficient (Wildman–Crippen LogP) is 2.53. The average Bonchev–Trinajstić information content (AvgIpc) is 2.94. The van der Waals surface area contributed by atoms with Crippen LogP contribution in [0.4, 0.5) is 17.6 Å². The molecular weight excluding hydrogens is 316 g/mol. The molecule has 9 heteroatoms. The molecule has 2 rings (SSSR count). The summed E-state index contributed by atoms with van der Waals surface area (Å²) in [6.45, 7) is 3.04. The van der Waals surface area contributed by atoms with Crippen molar-refractivity contribution in [3.63, 3.8) is 0 Å². The van der Waals surface area contributed by atoms with Gasteiger partial charge in [-0.1, -0.05) is 0 Å². The highest BCUT2D eigenvalue weighted by Crippen LogP contribution is 2.27. The Balaban J connectivity index is 2.09. The second-order valence-electron chi connectivity index (χ2n) is 5.80. The number of rotatable bonds is 5. The van der Waals surface area contributed by atoms with Gasteiger partial charge in [0, 0.05) is 6.04 Å². The van der Waals surface area contributed by atoms with E-state index in [1.807, 2.05) is 7.05 Å². The molecule has 0 aromatic carbocycles. The average molecular weight is 336 g/mol. The van der Waals surface area contributed by atoms with E-state index >= 15 is 0 Å². The van der Waals surface area contributed by atoms with Crippen LogP contribution in [0.2, 0.25) is 0 Å². The number of hydrogen-bond acceptors (Lipinski definition) is 3. The summed E-state index contributed by atoms with van der Waals surface area (Å²) in [5.41, 5.74) is -1.43. The number of carbonyl (C=O) groups is 1. The van der Waals surface area contributed by atoms with Gasteiger partial charge in [0.1, 0.15) is 17.4 Å². The maximum atomic E-state index is 13.0. The Morgan fingerprint density at radius 3 is 2.39 bits per heavy atom. The summed E-state index contributed by atoms with van der Waals surface area (Å²) in [6, 6.07) is -0.471. The van der Waals surface area contributed by atoms with Crippen LogP contribution in [0.25, 0.3) is 0 Å². The van der Waals surface area contributed by atoms with Crippen molar-refractivity contribution in [3.8, 4) is 0 Å². The van der Waals surface area contributed by atoms with E-state index in [9.17, 15) is 22.4 Å². The van der Waals surface area contributed by atoms with E-state index in [1.54, 1.807) is 0 Å². The Kier molecular flexibility index (Phi) is 5.61. The highest BCUT2D eigenvalue weighted by Gasteiger charge is 2.28. The maximum Gasteiger partial charge on any atom is 0.282 e. The molecule has 1 unspecified atom stereocenters. The van der Waals surface area contributed by atoms with Gasteiger partial charge in [-0.3, -0.25) is 9.48 Å². The van der Waals surface area contributed by atoms with Crippen molar-refractivity contribution in [3.05, 3.63) is 17.5 Å². The van der Waals surface area contributed by atoms with E-state index in [4.69, 9.17) is 0 Å². The number of aromatic nitrogens is 2. The van der Waals surface area contributed by atoms with Gasteiger partial charge in [-0.05, 0) is 46.0 Å². The zero-order chi connectivity index (χ0) is 17.1. The van der Waals surface area contributed by atoms with Gasteiger partial charge in [0.2, 0.25) is 5.91 Å². The van der Waals surface area contributed by atoms with Gasteiger partial charge in [-0.25, -0.2) is 17.6 Å². The third kappa shape index (κ3) is 4.21. The second kappa shape index (κ2) is 7.29. The molecule has 2 heterocycles. The Morgan fingerprint density at radius 2 is 1.87 bits per heavy atom. The molecule has 1 N–H and O–H groups in total. The first-order chi connectivity index (χ1) is 10.8. The van der Waals surface area contributed by atoms with Crippen molar-refractivity contribution in [2.24, 2.45) is 0 Å². The first-order valence-corrected chi connectivity index (χ1v) is 7.44. The molecule has 1 saturated heterocycles. The fraction of sp³-hybridized carbons (Fsp3) is 0.714. The normalized spacial score (nSPS) is 18.6. The lowest BCUT2D eigenvalue weighted by molar-refractivity contribution is -0.125. The quantitative estimate of drug-likeness (QED) is 0.841. The third-order valence-corrected chi connectivity index (χ3v) is 4.04. The van der Waals surface area contributed by atoms with Gasteiger partial charge in [0.25, 0.3) is 12.9 Å². The van der Waals surface area contributed by atoms with Crippen molar-refractivity contribution in [2.75, 3.05) is 20.1 Å². The zero-order valence-electron chi connectivity index (χ0n) is 13.0. The van der Waals surface area contributed by atoms with E-state index < -0.39 is 36.2 Å². The smallest absolute Gasteiger partial charge is 0.282 e. The maximum absolute atomic E-state index is 13.0. The summed E-state index contributed by atoms with van der Waals surface area (Å²) in [7, 11) is 1.98. The van der Waals surface area contributed by atoms with Crippen molar-refractivity contribution >= 4 is 5.91 Å². The number of alkyl halides is 4. The van der Waals surface area contributed by atoms with Crippen LogP contribution >= 0.6 is 0 Å². The largest absolute Gasteiger partial charge is 0.351 e. The molecule has 0 bridgehead atoms. The topological polar surface area (TPSA) is 50.2 Å². The van der Waals surface area contributed by atoms with Crippen LogP contribution in [0.3, 0.4) is 0 Å². The summed E-state index contributed by atoms with van der Waals surface area (Å²) in [4.78, 5) is 14.4. The second-order valence-corrected chi connectivity index (χ2v) is 5.80. The lowest BCUT2D eigenvalue weighted by Gasteiger charge is -2.30. The first-order valence-electron chi connectivity index (χ1n) is 7.44. The number of carbonyl (C=O) groups excluding carboxylic acids is 1. The number of nitrogens with zero attached hydrogens (tertiary/aromatic N) is 3. The standard InChI is InChI=1S/C14H20F4N4O/c1-8(14(23)19-9-3-5-21(2)6-4-9)22-11(13(17)18)7-10(20-22)12(15)16/h7-9,12-13H,3-6H2,1-2H3,(H,19,23). The Labute approximate surface area is 131 Å². The Morgan fingerprint density at radius 1 is 1.26 bits per heavy atom. The molecule has 1 atom stereocenters. The van der Waals surface area contributed by atoms with Crippen molar-refractivity contribution in [1.29, 1.82) is 0 Å². The molecule has 1 amide bonds. The fourth-order valence-electron chi connectivity index (χ4n) is 2.59. The first kappa shape index (κ1) is 17.7. The molecular formula is C14H20F4N4O. The van der Waals surface area contributed by atoms with Gasteiger partial charge in [0.05, 0.1) is 0 Å². The number of amides is 1. The van der Waals surface area contributed by atoms with Crippen molar-refractivity contribution in [2.45, 2.75) is 44.7 Å². The SMILES string of the molecule is CC(C(=O)NC1CCN(C)CC1)n1nc(C(F)F)cc1C(F)F. The molecule has 0 aliphatic carbocycles. The number of nitrogens with one attached hydrogen (secondary N) is 1. The summed E-state index contributed by atoms with van der Waals surface area (Å²) < 4.78 is 52.0. The molecule has 0 spiro atoms. The summed E-state index contributed by atoms with van der Waals surface area (Å²) >= 11 is 0. The number of likely N-dealkylation sites (tertiary alicyclic amines) is 1. The van der Waals surface area contributed by atoms with Gasteiger partial charge in [0.15, 0.2) is 0 Å². The van der Waals surface area contributed by atoms with Crippen LogP contribution in [-0.2, 0) is 4.79 Å². The molecule has 1 aliphatic heterocycles. The minimum Gasteiger partial charge on any atom is -0.351 e. The van der Waals surface area contributed by atoms with Gasteiger partial charge in [-0.2, -0.15) is 5.10 Å². The Bertz CT molecular complexity index is 541. The van der Waals surface area contributed by atoms with Crippen LogP contribution in [0.1, 0.15) is 50.0 Å². The lowest BCUT2D eigenvalue weighted by atomic mass is 10.1. The van der Waals surface area contributed by atoms with Crippen LogP contribution in [0.5, 0.6) is 0 Å². The van der Waals surface area contributed by atoms with Crippen LogP contribution in [0, 0.1) is 0 Å². The highest BCUT2D eigenvalue weighted by molar-refractivity contribution is 5.80. The number of halogens is 4. The lowest BCUT2D eigenvalue weighted by Crippen LogP contribution is -2.45. The summed E-state index contributed by atoms with van der Waals surface area (Å²) in [5, 5.41) is 6.26. The molecule has 130 valence electrons. The molecule has 0 radical (unpaired) electrons. The van der Waals surface area contributed by atoms with Gasteiger partial charge >= 0.3 is 0 Å². The number of hydrogen-bond donors (Lipinski definition) is 1. The van der Waals surface area contributed by atoms with Crippen LogP contribution < -0.4 is 5.32 Å². The van der Waals surface area contributed by atoms with E-state index in [2.05, 4.69) is 15.3 Å². The van der Waals surface area contributed by atoms with Gasteiger partial charge < -0.3 is 10.2 Å². The molecule has 1 fully saturated rings. The molecule has 1 aliphatic rings. The fourth-order valence-corrected chi connectivity index (χ4v) is 2.59. The molecule has 23 heavy (non-hydrogen) atoms. The number of piperidine rings is 1. The Hall–Kier alpha value is -1.64. The predicted molar refractivity (Wildman–Crippen MR) is 75.5 cm³/mol. The molecule has 1 aromatic heterocycles. The van der Waals surface area contributed by atoms with E-state index in [-0.39, 0.29) is 6.04 Å². The van der Waals surface area contributed by atoms with Gasteiger partial charge in [-0.15, -0.1) is 0 Å². The van der Waals surface area contributed by atoms with Crippen molar-refractivity contribution < 1.29 is 22.4 Å². The third-order valence-electron chi connectivity index (χ3n) is 4.04. The minimum absolute atomic E-state index is 0.0405. The van der Waals surface area contributed by atoms with E-state index in [0.29, 0.717) is 10.7 Å². The minimum atomic E-state index is -2.98. The van der Waals surface area contributed by atoms with E-state index in [1.165, 1.54) is 6.92 Å². The monoisotopic (exact) mass is 336 g/mol. The van der Waals surface area contributed by atoms with E-state index in [0.717, 1.165) is 25.9 Å². The summed E-state index contributed by atoms with van der Waals surface area (Å²) in [5.74, 6) is -0.495. The van der Waals surface area contributed by atoms with Crippen LogP contribution in [0.15, 0.2) is 6.07 Å². The highest BCUT2D eigenvalue weighted by atomic mass is 19.3. The molecule has 5 nitrogen and oxygen atoms in total. The molecule has 1 aromatic rings. The van der Waals surface area contributed by atoms with Crippen LogP contribution in [-0.4, -0.2) is 46.8 Å².